The fourth-order valence-electron chi connectivity index (χ4n) is 1.72. The molecule has 0 saturated heterocycles. The van der Waals surface area contributed by atoms with Crippen molar-refractivity contribution in [3.05, 3.63) is 0 Å². The van der Waals surface area contributed by atoms with Crippen molar-refractivity contribution in [1.29, 1.82) is 0 Å². The minimum Gasteiger partial charge on any atom is -0.355 e. The van der Waals surface area contributed by atoms with Crippen molar-refractivity contribution < 1.29 is 34.6 Å². The van der Waals surface area contributed by atoms with E-state index in [0.717, 1.165) is 6.04 Å². The molecule has 0 aromatic rings. The molecule has 0 amide bonds. The summed E-state index contributed by atoms with van der Waals surface area (Å²) in [6, 6.07) is 0.762. The molecule has 3 N–H and O–H groups in total. The maximum Gasteiger partial charge on any atom is 0.0843 e. The minimum atomic E-state index is -4.94. The summed E-state index contributed by atoms with van der Waals surface area (Å²) < 4.78 is 34.0. The van der Waals surface area contributed by atoms with Gasteiger partial charge < -0.3 is 5.73 Å². The number of rotatable bonds is 0. The maximum absolute atomic E-state index is 8.49. The van der Waals surface area contributed by atoms with Crippen LogP contribution >= 0.6 is 0 Å². The minimum absolute atomic E-state index is 0.762. The third kappa shape index (κ3) is 16.7. The van der Waals surface area contributed by atoms with E-state index < -0.39 is 10.2 Å². The van der Waals surface area contributed by atoms with Crippen LogP contribution in [0.2, 0.25) is 0 Å². The first-order valence-corrected chi connectivity index (χ1v) is 6.58. The van der Waals surface area contributed by atoms with Crippen LogP contribution in [-0.2, 0) is 0 Å². The molecule has 1 rings (SSSR count). The molecule has 0 aromatic heterocycles. The van der Waals surface area contributed by atoms with Gasteiger partial charge in [0.05, 0.1) is 6.04 Å². The van der Waals surface area contributed by atoms with Gasteiger partial charge in [0, 0.05) is 0 Å². The van der Waals surface area contributed by atoms with Gasteiger partial charge in [-0.05, 0) is 25.7 Å². The topological polar surface area (TPSA) is 120 Å². The third-order valence-corrected chi connectivity index (χ3v) is 2.47. The monoisotopic (exact) mass is 241 g/mol. The molecule has 0 heterocycles. The van der Waals surface area contributed by atoms with E-state index >= 15 is 0 Å². The third-order valence-electron chi connectivity index (χ3n) is 2.47. The normalized spacial score (nSPS) is 20.6. The molecule has 0 radical (unpaired) electrons. The molecule has 1 fully saturated rings. The highest BCUT2D eigenvalue weighted by Gasteiger charge is 2.07. The number of halogens is 1. The van der Waals surface area contributed by atoms with Gasteiger partial charge in [-0.25, -0.2) is 18.6 Å². The summed E-state index contributed by atoms with van der Waals surface area (Å²) >= 11 is 0. The molecule has 0 atom stereocenters. The molecule has 1 aliphatic carbocycles. The van der Waals surface area contributed by atoms with Gasteiger partial charge in [-0.1, -0.05) is 25.7 Å². The molecular weight excluding hydrogens is 222 g/mol. The molecule has 0 aliphatic heterocycles. The molecule has 92 valence electrons. The van der Waals surface area contributed by atoms with Crippen molar-refractivity contribution in [2.75, 3.05) is 0 Å². The Bertz CT molecular complexity index is 136. The van der Waals surface area contributed by atoms with Crippen LogP contribution in [0.25, 0.3) is 0 Å². The zero-order valence-corrected chi connectivity index (χ0v) is 9.71. The van der Waals surface area contributed by atoms with Crippen LogP contribution in [0.5, 0.6) is 0 Å². The molecule has 15 heavy (non-hydrogen) atoms. The molecule has 0 bridgehead atoms. The van der Waals surface area contributed by atoms with Crippen molar-refractivity contribution in [3.63, 3.8) is 0 Å². The summed E-state index contributed by atoms with van der Waals surface area (Å²) in [5, 5.41) is 0. The van der Waals surface area contributed by atoms with E-state index in [1.807, 2.05) is 0 Å². The fraction of sp³-hybridized carbons (Fsp3) is 1.00. The second-order valence-corrected chi connectivity index (χ2v) is 4.70. The molecule has 6 heteroatoms. The van der Waals surface area contributed by atoms with E-state index in [4.69, 9.17) is 18.6 Å². The van der Waals surface area contributed by atoms with Crippen molar-refractivity contribution in [2.45, 2.75) is 57.4 Å². The predicted octanol–water partition coefficient (Wildman–Crippen LogP) is -3.02. The number of quaternary nitrogens is 1. The average molecular weight is 242 g/mol. The lowest BCUT2D eigenvalue weighted by atomic mass is 10.1. The molecule has 0 spiro atoms. The lowest BCUT2D eigenvalue weighted by molar-refractivity contribution is -2.00. The van der Waals surface area contributed by atoms with E-state index in [-0.39, 0.29) is 0 Å². The standard InChI is InChI=1S/C9H19N.ClHO4/c10-9-7-5-3-1-2-4-6-8-9;2-1(3,4)5/h9H,1-8,10H2;(H,2,3,4,5). The van der Waals surface area contributed by atoms with Gasteiger partial charge in [0.2, 0.25) is 0 Å². The van der Waals surface area contributed by atoms with Gasteiger partial charge >= 0.3 is 0 Å². The van der Waals surface area contributed by atoms with E-state index in [0.29, 0.717) is 0 Å². The van der Waals surface area contributed by atoms with E-state index in [2.05, 4.69) is 5.73 Å². The van der Waals surface area contributed by atoms with Crippen LogP contribution in [0, 0.1) is 10.2 Å². The van der Waals surface area contributed by atoms with Crippen molar-refractivity contribution >= 4 is 0 Å². The van der Waals surface area contributed by atoms with Crippen LogP contribution in [0.3, 0.4) is 0 Å². The highest BCUT2D eigenvalue weighted by molar-refractivity contribution is 4.58. The summed E-state index contributed by atoms with van der Waals surface area (Å²) in [6.45, 7) is 0. The number of hydrogen-bond acceptors (Lipinski definition) is 4. The Morgan fingerprint density at radius 1 is 0.733 bits per heavy atom. The second kappa shape index (κ2) is 8.27. The van der Waals surface area contributed by atoms with Crippen LogP contribution in [0.1, 0.15) is 51.4 Å². The van der Waals surface area contributed by atoms with Gasteiger partial charge in [0.15, 0.2) is 0 Å². The van der Waals surface area contributed by atoms with E-state index in [1.165, 1.54) is 51.4 Å². The van der Waals surface area contributed by atoms with Gasteiger partial charge in [0.1, 0.15) is 0 Å². The Labute approximate surface area is 92.6 Å². The summed E-state index contributed by atoms with van der Waals surface area (Å²) in [6.07, 6.45) is 11.4. The molecule has 5 nitrogen and oxygen atoms in total. The van der Waals surface area contributed by atoms with Crippen molar-refractivity contribution in [3.8, 4) is 0 Å². The quantitative estimate of drug-likeness (QED) is 0.485. The van der Waals surface area contributed by atoms with Gasteiger partial charge in [-0.2, -0.15) is 0 Å². The Kier molecular flexibility index (Phi) is 8.32. The first-order chi connectivity index (χ1) is 6.89. The summed E-state index contributed by atoms with van der Waals surface area (Å²) in [7, 11) is -4.94. The molecule has 0 aromatic carbocycles. The maximum atomic E-state index is 8.49. The highest BCUT2D eigenvalue weighted by atomic mass is 35.7. The summed E-state index contributed by atoms with van der Waals surface area (Å²) in [5.41, 5.74) is 4.14. The Hall–Kier alpha value is 0.0900. The van der Waals surface area contributed by atoms with Gasteiger partial charge in [-0.3, -0.25) is 0 Å². The molecular formula is C9H20ClNO4. The zero-order valence-electron chi connectivity index (χ0n) is 8.95. The molecule has 1 aliphatic rings. The fourth-order valence-corrected chi connectivity index (χ4v) is 1.72. The largest absolute Gasteiger partial charge is 0.355 e. The van der Waals surface area contributed by atoms with Crippen LogP contribution in [-0.4, -0.2) is 6.04 Å². The summed E-state index contributed by atoms with van der Waals surface area (Å²) in [4.78, 5) is 0. The average Bonchev–Trinajstić information content (AvgIpc) is 2.15. The Balaban J connectivity index is 0.000000336. The second-order valence-electron chi connectivity index (χ2n) is 3.94. The van der Waals surface area contributed by atoms with Crippen LogP contribution in [0.4, 0.5) is 0 Å². The highest BCUT2D eigenvalue weighted by Crippen LogP contribution is 2.14. The van der Waals surface area contributed by atoms with E-state index in [9.17, 15) is 0 Å². The first kappa shape index (κ1) is 15.1. The summed E-state index contributed by atoms with van der Waals surface area (Å²) in [5.74, 6) is 0. The lowest BCUT2D eigenvalue weighted by Gasteiger charge is -2.17. The first-order valence-electron chi connectivity index (χ1n) is 5.34. The van der Waals surface area contributed by atoms with Crippen LogP contribution in [0.15, 0.2) is 0 Å². The Morgan fingerprint density at radius 2 is 1.00 bits per heavy atom. The lowest BCUT2D eigenvalue weighted by Crippen LogP contribution is -2.68. The molecule has 0 unspecified atom stereocenters. The van der Waals surface area contributed by atoms with Gasteiger partial charge in [-0.15, -0.1) is 10.2 Å². The number of hydrogen-bond donors (Lipinski definition) is 1. The van der Waals surface area contributed by atoms with Crippen molar-refractivity contribution in [2.24, 2.45) is 0 Å². The van der Waals surface area contributed by atoms with Crippen LogP contribution < -0.4 is 24.4 Å². The van der Waals surface area contributed by atoms with Crippen molar-refractivity contribution in [1.82, 2.24) is 0 Å². The predicted molar refractivity (Wildman–Crippen MR) is 43.6 cm³/mol. The zero-order chi connectivity index (χ0) is 11.7. The SMILES string of the molecule is [NH3+]C1CCCCCCCC1.[O-][Cl+3]([O-])([O-])[O-]. The van der Waals surface area contributed by atoms with Gasteiger partial charge in [0.25, 0.3) is 0 Å². The Morgan fingerprint density at radius 3 is 1.33 bits per heavy atom. The molecule has 1 saturated carbocycles. The van der Waals surface area contributed by atoms with E-state index in [1.54, 1.807) is 0 Å². The smallest absolute Gasteiger partial charge is 0.0843 e.